The van der Waals surface area contributed by atoms with E-state index in [2.05, 4.69) is 11.9 Å². The van der Waals surface area contributed by atoms with Crippen molar-refractivity contribution in [1.82, 2.24) is 4.98 Å². The maximum atomic E-state index is 8.36. The first-order valence-electron chi connectivity index (χ1n) is 3.33. The average molecular weight is 153 g/mol. The van der Waals surface area contributed by atoms with Gasteiger partial charge in [-0.05, 0) is 18.6 Å². The van der Waals surface area contributed by atoms with Crippen LogP contribution >= 0.6 is 0 Å². The van der Waals surface area contributed by atoms with Gasteiger partial charge in [-0.2, -0.15) is 0 Å². The van der Waals surface area contributed by atoms with Crippen LogP contribution in [0.1, 0.15) is 12.6 Å². The molecule has 0 saturated carbocycles. The third-order valence-corrected chi connectivity index (χ3v) is 1.09. The predicted octanol–water partition coefficient (Wildman–Crippen LogP) is 1.34. The lowest BCUT2D eigenvalue weighted by atomic mass is 10.3. The fourth-order valence-corrected chi connectivity index (χ4v) is 0.607. The summed E-state index contributed by atoms with van der Waals surface area (Å²) in [4.78, 5) is 12.5. The van der Waals surface area contributed by atoms with E-state index >= 15 is 0 Å². The van der Waals surface area contributed by atoms with Gasteiger partial charge in [0.1, 0.15) is 0 Å². The van der Waals surface area contributed by atoms with Crippen LogP contribution in [0.3, 0.4) is 0 Å². The SMILES string of the molecule is CCc1ccccn1.O=CO. The third-order valence-electron chi connectivity index (χ3n) is 1.09. The van der Waals surface area contributed by atoms with Crippen molar-refractivity contribution in [2.45, 2.75) is 13.3 Å². The average Bonchev–Trinajstić information content (AvgIpc) is 2.08. The summed E-state index contributed by atoms with van der Waals surface area (Å²) in [5.74, 6) is 0. The second-order valence-corrected chi connectivity index (χ2v) is 1.78. The number of carbonyl (C=O) groups is 1. The molecule has 0 unspecified atom stereocenters. The maximum absolute atomic E-state index is 8.36. The van der Waals surface area contributed by atoms with E-state index in [1.165, 1.54) is 0 Å². The second kappa shape index (κ2) is 6.74. The molecule has 1 N–H and O–H groups in total. The summed E-state index contributed by atoms with van der Waals surface area (Å²) in [6.45, 7) is 1.85. The minimum Gasteiger partial charge on any atom is -0.483 e. The molecule has 0 bridgehead atoms. The van der Waals surface area contributed by atoms with Gasteiger partial charge in [0.2, 0.25) is 0 Å². The quantitative estimate of drug-likeness (QED) is 0.619. The summed E-state index contributed by atoms with van der Waals surface area (Å²) in [6, 6.07) is 5.96. The van der Waals surface area contributed by atoms with Crippen molar-refractivity contribution in [2.24, 2.45) is 0 Å². The molecule has 0 aliphatic rings. The number of pyridine rings is 1. The van der Waals surface area contributed by atoms with Gasteiger partial charge in [-0.25, -0.2) is 0 Å². The molecule has 60 valence electrons. The van der Waals surface area contributed by atoms with Crippen molar-refractivity contribution in [3.05, 3.63) is 30.1 Å². The molecular weight excluding hydrogens is 142 g/mol. The summed E-state index contributed by atoms with van der Waals surface area (Å²) in [6.07, 6.45) is 2.85. The number of aryl methyl sites for hydroxylation is 1. The number of rotatable bonds is 1. The van der Waals surface area contributed by atoms with E-state index in [4.69, 9.17) is 9.90 Å². The molecule has 1 aromatic heterocycles. The topological polar surface area (TPSA) is 50.2 Å². The van der Waals surface area contributed by atoms with Gasteiger partial charge >= 0.3 is 0 Å². The van der Waals surface area contributed by atoms with E-state index in [9.17, 15) is 0 Å². The molecule has 3 heteroatoms. The summed E-state index contributed by atoms with van der Waals surface area (Å²) < 4.78 is 0. The van der Waals surface area contributed by atoms with E-state index < -0.39 is 0 Å². The van der Waals surface area contributed by atoms with Crippen LogP contribution in [0.15, 0.2) is 24.4 Å². The van der Waals surface area contributed by atoms with Crippen LogP contribution in [-0.2, 0) is 11.2 Å². The molecule has 1 aromatic rings. The van der Waals surface area contributed by atoms with Crippen molar-refractivity contribution in [3.8, 4) is 0 Å². The monoisotopic (exact) mass is 153 g/mol. The van der Waals surface area contributed by atoms with Crippen LogP contribution in [0.2, 0.25) is 0 Å². The zero-order valence-corrected chi connectivity index (χ0v) is 6.40. The van der Waals surface area contributed by atoms with Crippen molar-refractivity contribution in [2.75, 3.05) is 0 Å². The zero-order chi connectivity index (χ0) is 8.53. The smallest absolute Gasteiger partial charge is 0.290 e. The molecule has 0 aromatic carbocycles. The van der Waals surface area contributed by atoms with E-state index in [0.717, 1.165) is 12.1 Å². The van der Waals surface area contributed by atoms with Crippen LogP contribution in [-0.4, -0.2) is 16.6 Å². The second-order valence-electron chi connectivity index (χ2n) is 1.78. The van der Waals surface area contributed by atoms with E-state index in [1.807, 2.05) is 24.4 Å². The van der Waals surface area contributed by atoms with Crippen LogP contribution < -0.4 is 0 Å². The minimum atomic E-state index is -0.250. The molecule has 0 amide bonds. The molecule has 3 nitrogen and oxygen atoms in total. The summed E-state index contributed by atoms with van der Waals surface area (Å²) in [7, 11) is 0. The third kappa shape index (κ3) is 5.08. The van der Waals surface area contributed by atoms with Crippen LogP contribution in [0.5, 0.6) is 0 Å². The highest BCUT2D eigenvalue weighted by atomic mass is 16.3. The number of aromatic nitrogens is 1. The highest BCUT2D eigenvalue weighted by Gasteiger charge is 1.81. The molecular formula is C8H11NO2. The van der Waals surface area contributed by atoms with Gasteiger partial charge in [0.05, 0.1) is 0 Å². The van der Waals surface area contributed by atoms with Gasteiger partial charge in [0, 0.05) is 11.9 Å². The first-order chi connectivity index (χ1) is 5.35. The fourth-order valence-electron chi connectivity index (χ4n) is 0.607. The lowest BCUT2D eigenvalue weighted by molar-refractivity contribution is -0.122. The Morgan fingerprint density at radius 2 is 2.27 bits per heavy atom. The van der Waals surface area contributed by atoms with Crippen molar-refractivity contribution in [3.63, 3.8) is 0 Å². The Bertz CT molecular complexity index is 187. The van der Waals surface area contributed by atoms with Gasteiger partial charge in [0.25, 0.3) is 6.47 Å². The standard InChI is InChI=1S/C7H9N.CH2O2/c1-2-7-5-3-4-6-8-7;2-1-3/h3-6H,2H2,1H3;1H,(H,2,3). The van der Waals surface area contributed by atoms with Gasteiger partial charge in [-0.1, -0.05) is 13.0 Å². The van der Waals surface area contributed by atoms with Crippen molar-refractivity contribution in [1.29, 1.82) is 0 Å². The number of carboxylic acid groups (broad SMARTS) is 1. The van der Waals surface area contributed by atoms with Crippen LogP contribution in [0.4, 0.5) is 0 Å². The zero-order valence-electron chi connectivity index (χ0n) is 6.40. The highest BCUT2D eigenvalue weighted by Crippen LogP contribution is 1.91. The molecule has 0 atom stereocenters. The Morgan fingerprint density at radius 1 is 1.64 bits per heavy atom. The molecule has 1 heterocycles. The summed E-state index contributed by atoms with van der Waals surface area (Å²) in [5, 5.41) is 6.89. The van der Waals surface area contributed by atoms with Gasteiger partial charge in [-0.3, -0.25) is 9.78 Å². The highest BCUT2D eigenvalue weighted by molar-refractivity contribution is 5.32. The Balaban J connectivity index is 0.000000292. The van der Waals surface area contributed by atoms with E-state index in [1.54, 1.807) is 0 Å². The first kappa shape index (κ1) is 9.62. The molecule has 0 saturated heterocycles. The minimum absolute atomic E-state index is 0.250. The molecule has 0 fully saturated rings. The van der Waals surface area contributed by atoms with Gasteiger partial charge < -0.3 is 5.11 Å². The number of nitrogens with zero attached hydrogens (tertiary/aromatic N) is 1. The van der Waals surface area contributed by atoms with Crippen molar-refractivity contribution >= 4 is 6.47 Å². The summed E-state index contributed by atoms with van der Waals surface area (Å²) in [5.41, 5.74) is 1.16. The lowest BCUT2D eigenvalue weighted by Crippen LogP contribution is -1.81. The fraction of sp³-hybridized carbons (Fsp3) is 0.250. The Kier molecular flexibility index (Phi) is 5.89. The predicted molar refractivity (Wildman–Crippen MR) is 42.3 cm³/mol. The Labute approximate surface area is 65.7 Å². The van der Waals surface area contributed by atoms with Crippen LogP contribution in [0, 0.1) is 0 Å². The molecule has 11 heavy (non-hydrogen) atoms. The normalized spacial score (nSPS) is 7.73. The number of hydrogen-bond donors (Lipinski definition) is 1. The maximum Gasteiger partial charge on any atom is 0.290 e. The van der Waals surface area contributed by atoms with Crippen LogP contribution in [0.25, 0.3) is 0 Å². The summed E-state index contributed by atoms with van der Waals surface area (Å²) >= 11 is 0. The molecule has 0 radical (unpaired) electrons. The lowest BCUT2D eigenvalue weighted by Gasteiger charge is -1.88. The van der Waals surface area contributed by atoms with Gasteiger partial charge in [0.15, 0.2) is 0 Å². The van der Waals surface area contributed by atoms with Gasteiger partial charge in [-0.15, -0.1) is 0 Å². The first-order valence-corrected chi connectivity index (χ1v) is 3.33. The van der Waals surface area contributed by atoms with Crippen molar-refractivity contribution < 1.29 is 9.90 Å². The molecule has 0 spiro atoms. The Hall–Kier alpha value is -1.38. The molecule has 0 aliphatic heterocycles. The molecule has 1 rings (SSSR count). The van der Waals surface area contributed by atoms with E-state index in [0.29, 0.717) is 0 Å². The Morgan fingerprint density at radius 3 is 2.55 bits per heavy atom. The van der Waals surface area contributed by atoms with E-state index in [-0.39, 0.29) is 6.47 Å². The number of hydrogen-bond acceptors (Lipinski definition) is 2. The molecule has 0 aliphatic carbocycles. The largest absolute Gasteiger partial charge is 0.483 e.